The maximum absolute atomic E-state index is 6.02. The Morgan fingerprint density at radius 1 is 0.974 bits per heavy atom. The highest BCUT2D eigenvalue weighted by molar-refractivity contribution is 6.55. The summed E-state index contributed by atoms with van der Waals surface area (Å²) in [6, 6.07) is 16.6. The van der Waals surface area contributed by atoms with Gasteiger partial charge in [-0.2, -0.15) is 5.10 Å². The molecule has 1 saturated heterocycles. The van der Waals surface area contributed by atoms with Crippen LogP contribution >= 0.6 is 0 Å². The van der Waals surface area contributed by atoms with E-state index in [0.717, 1.165) is 67.7 Å². The lowest BCUT2D eigenvalue weighted by Crippen LogP contribution is -2.38. The Bertz CT molecular complexity index is 1310. The number of aromatic nitrogens is 4. The quantitative estimate of drug-likeness (QED) is 0.191. The number of ether oxygens (including phenoxy) is 4. The molecule has 0 bridgehead atoms. The molecule has 4 heterocycles. The van der Waals surface area contributed by atoms with Crippen molar-refractivity contribution in [2.24, 2.45) is 0 Å². The molecule has 4 aromatic rings. The third kappa shape index (κ3) is 7.16. The molecular formula is C28H34N5O4Si. The van der Waals surface area contributed by atoms with Crippen molar-refractivity contribution in [1.82, 2.24) is 24.6 Å². The minimum atomic E-state index is -0.281. The average molecular weight is 533 g/mol. The van der Waals surface area contributed by atoms with E-state index in [1.807, 2.05) is 53.2 Å². The maximum Gasteiger partial charge on any atom is 0.219 e. The van der Waals surface area contributed by atoms with Gasteiger partial charge in [-0.05, 0) is 42.4 Å². The number of benzene rings is 1. The first-order valence-corrected chi connectivity index (χ1v) is 15.7. The smallest absolute Gasteiger partial charge is 0.219 e. The van der Waals surface area contributed by atoms with E-state index >= 15 is 0 Å². The molecule has 0 spiro atoms. The summed E-state index contributed by atoms with van der Waals surface area (Å²) in [5, 5.41) is 5.37. The maximum atomic E-state index is 6.02. The average Bonchev–Trinajstić information content (AvgIpc) is 3.41. The highest BCUT2D eigenvalue weighted by Crippen LogP contribution is 2.27. The van der Waals surface area contributed by atoms with E-state index in [4.69, 9.17) is 18.9 Å². The molecule has 0 amide bonds. The first-order valence-electron chi connectivity index (χ1n) is 13.0. The summed E-state index contributed by atoms with van der Waals surface area (Å²) in [4.78, 5) is 11.5. The minimum absolute atomic E-state index is 0.281. The lowest BCUT2D eigenvalue weighted by molar-refractivity contribution is 0.0320. The molecule has 0 unspecified atom stereocenters. The van der Waals surface area contributed by atoms with E-state index in [9.17, 15) is 0 Å². The van der Waals surface area contributed by atoms with Gasteiger partial charge in [0.2, 0.25) is 11.8 Å². The number of pyridine rings is 2. The van der Waals surface area contributed by atoms with Crippen molar-refractivity contribution >= 4 is 19.7 Å². The molecular weight excluding hydrogens is 498 g/mol. The Hall–Kier alpha value is -3.31. The Morgan fingerprint density at radius 3 is 2.66 bits per heavy atom. The molecule has 1 aliphatic heterocycles. The van der Waals surface area contributed by atoms with Crippen LogP contribution in [0.5, 0.6) is 17.5 Å². The highest BCUT2D eigenvalue weighted by Gasteiger charge is 2.11. The third-order valence-electron chi connectivity index (χ3n) is 6.33. The number of rotatable bonds is 12. The van der Waals surface area contributed by atoms with Crippen LogP contribution in [0.1, 0.15) is 0 Å². The van der Waals surface area contributed by atoms with E-state index in [1.54, 1.807) is 12.4 Å². The Balaban J connectivity index is 1.16. The molecule has 199 valence electrons. The largest absolute Gasteiger partial charge is 0.476 e. The van der Waals surface area contributed by atoms with E-state index in [-0.39, 0.29) is 8.80 Å². The van der Waals surface area contributed by atoms with Crippen LogP contribution in [-0.2, 0) is 16.2 Å². The number of fused-ring (bicyclic) bond motifs is 1. The van der Waals surface area contributed by atoms with Crippen LogP contribution in [0.4, 0.5) is 0 Å². The van der Waals surface area contributed by atoms with E-state index in [1.165, 1.54) is 0 Å². The first kappa shape index (κ1) is 26.3. The summed E-state index contributed by atoms with van der Waals surface area (Å²) in [5.41, 5.74) is 2.77. The minimum Gasteiger partial charge on any atom is -0.476 e. The van der Waals surface area contributed by atoms with Gasteiger partial charge in [0, 0.05) is 70.5 Å². The van der Waals surface area contributed by atoms with Crippen LogP contribution in [0, 0.1) is 0 Å². The molecule has 1 aliphatic rings. The second kappa shape index (κ2) is 13.0. The molecule has 0 N–H and O–H groups in total. The Labute approximate surface area is 224 Å². The van der Waals surface area contributed by atoms with Crippen molar-refractivity contribution < 1.29 is 18.9 Å². The van der Waals surface area contributed by atoms with Crippen molar-refractivity contribution in [2.75, 3.05) is 46.1 Å². The molecule has 1 fully saturated rings. The van der Waals surface area contributed by atoms with Crippen LogP contribution in [0.3, 0.4) is 0 Å². The van der Waals surface area contributed by atoms with Crippen LogP contribution in [0.15, 0.2) is 60.9 Å². The molecule has 10 heteroatoms. The zero-order valence-electron chi connectivity index (χ0n) is 22.0. The molecule has 3 aromatic heterocycles. The fraction of sp³-hybridized carbons (Fsp3) is 0.393. The molecule has 0 saturated carbocycles. The van der Waals surface area contributed by atoms with Gasteiger partial charge in [-0.15, -0.1) is 0 Å². The predicted molar refractivity (Wildman–Crippen MR) is 148 cm³/mol. The molecule has 5 rings (SSSR count). The van der Waals surface area contributed by atoms with Crippen molar-refractivity contribution in [3.8, 4) is 28.8 Å². The van der Waals surface area contributed by atoms with Gasteiger partial charge in [0.05, 0.1) is 24.4 Å². The first-order chi connectivity index (χ1) is 18.6. The molecule has 1 radical (unpaired) electrons. The number of hydrogen-bond donors (Lipinski definition) is 0. The Morgan fingerprint density at radius 2 is 1.84 bits per heavy atom. The molecule has 38 heavy (non-hydrogen) atoms. The van der Waals surface area contributed by atoms with Gasteiger partial charge in [0.15, 0.2) is 0 Å². The van der Waals surface area contributed by atoms with Crippen molar-refractivity contribution in [3.05, 3.63) is 60.9 Å². The van der Waals surface area contributed by atoms with Crippen LogP contribution in [0.25, 0.3) is 22.2 Å². The van der Waals surface area contributed by atoms with Crippen LogP contribution in [0.2, 0.25) is 19.1 Å². The van der Waals surface area contributed by atoms with Gasteiger partial charge < -0.3 is 18.9 Å². The lowest BCUT2D eigenvalue weighted by Gasteiger charge is -2.26. The molecule has 0 atom stereocenters. The van der Waals surface area contributed by atoms with Gasteiger partial charge in [0.1, 0.15) is 19.1 Å². The third-order valence-corrected chi connectivity index (χ3v) is 7.53. The van der Waals surface area contributed by atoms with E-state index in [2.05, 4.69) is 33.1 Å². The lowest BCUT2D eigenvalue weighted by atomic mass is 10.2. The molecule has 0 aliphatic carbocycles. The zero-order valence-corrected chi connectivity index (χ0v) is 23.0. The van der Waals surface area contributed by atoms with Gasteiger partial charge >= 0.3 is 0 Å². The van der Waals surface area contributed by atoms with Gasteiger partial charge in [-0.1, -0.05) is 13.1 Å². The number of nitrogens with zero attached hydrogens (tertiary/aromatic N) is 5. The summed E-state index contributed by atoms with van der Waals surface area (Å²) in [5.74, 6) is 1.85. The van der Waals surface area contributed by atoms with Crippen molar-refractivity contribution in [3.63, 3.8) is 0 Å². The zero-order chi connectivity index (χ0) is 26.2. The second-order valence-electron chi connectivity index (χ2n) is 9.50. The summed E-state index contributed by atoms with van der Waals surface area (Å²) < 4.78 is 24.9. The summed E-state index contributed by atoms with van der Waals surface area (Å²) in [7, 11) is -0.281. The summed E-state index contributed by atoms with van der Waals surface area (Å²) >= 11 is 0. The van der Waals surface area contributed by atoms with Crippen LogP contribution in [-0.4, -0.2) is 79.5 Å². The second-order valence-corrected chi connectivity index (χ2v) is 12.4. The fourth-order valence-electron chi connectivity index (χ4n) is 4.15. The summed E-state index contributed by atoms with van der Waals surface area (Å²) in [6.07, 6.45) is 3.58. The van der Waals surface area contributed by atoms with E-state index in [0.29, 0.717) is 30.8 Å². The van der Waals surface area contributed by atoms with Gasteiger partial charge in [-0.3, -0.25) is 4.90 Å². The monoisotopic (exact) mass is 532 g/mol. The topological polar surface area (TPSA) is 83.8 Å². The van der Waals surface area contributed by atoms with Crippen molar-refractivity contribution in [2.45, 2.75) is 25.9 Å². The predicted octanol–water partition coefficient (Wildman–Crippen LogP) is 4.73. The van der Waals surface area contributed by atoms with Crippen molar-refractivity contribution in [1.29, 1.82) is 0 Å². The highest BCUT2D eigenvalue weighted by atomic mass is 28.3. The van der Waals surface area contributed by atoms with E-state index < -0.39 is 0 Å². The number of morpholine rings is 1. The van der Waals surface area contributed by atoms with Crippen LogP contribution < -0.4 is 9.47 Å². The normalized spacial score (nSPS) is 14.3. The SMILES string of the molecule is C[Si](C)CCOCn1nccc1-c1ccc(Oc2ccc3nc(OCCN4CCOCC4)ccc3c2)nc1. The molecule has 9 nitrogen and oxygen atoms in total. The van der Waals surface area contributed by atoms with Gasteiger partial charge in [0.25, 0.3) is 0 Å². The number of hydrogen-bond acceptors (Lipinski definition) is 8. The standard InChI is InChI=1S/C28H34N5O4Si/c1-38(2)18-17-35-21-33-26(9-10-30-33)23-4-7-27(29-20-23)37-24-5-6-25-22(19-24)3-8-28(31-25)36-16-13-32-11-14-34-15-12-32/h3-10,19-20H,11-18,21H2,1-2H3. The molecule has 1 aromatic carbocycles. The summed E-state index contributed by atoms with van der Waals surface area (Å²) in [6.45, 7) is 10.7. The van der Waals surface area contributed by atoms with Gasteiger partial charge in [-0.25, -0.2) is 14.6 Å². The fourth-order valence-corrected chi connectivity index (χ4v) is 4.71. The Kier molecular flexibility index (Phi) is 8.97.